The molecule has 0 spiro atoms. The van der Waals surface area contributed by atoms with Crippen LogP contribution in [0.4, 0.5) is 5.69 Å². The fraction of sp³-hybridized carbons (Fsp3) is 0.524. The largest absolute Gasteiger partial charge is 0.310 e. The van der Waals surface area contributed by atoms with E-state index in [1.807, 2.05) is 15.8 Å². The van der Waals surface area contributed by atoms with Crippen LogP contribution in [0, 0.1) is 13.8 Å². The van der Waals surface area contributed by atoms with Gasteiger partial charge in [0.15, 0.2) is 0 Å². The number of aromatic nitrogens is 2. The minimum absolute atomic E-state index is 0.0759. The highest BCUT2D eigenvalue weighted by atomic mass is 79.9. The zero-order valence-corrected chi connectivity index (χ0v) is 17.9. The molecule has 1 aromatic heterocycles. The smallest absolute Gasteiger partial charge is 0.251 e. The summed E-state index contributed by atoms with van der Waals surface area (Å²) in [5.74, 6) is 0.135. The first-order chi connectivity index (χ1) is 12.3. The lowest BCUT2D eigenvalue weighted by molar-refractivity contribution is -0.120. The zero-order chi connectivity index (χ0) is 19.1. The summed E-state index contributed by atoms with van der Waals surface area (Å²) in [6.07, 6.45) is 4.86. The van der Waals surface area contributed by atoms with E-state index in [1.54, 1.807) is 0 Å². The number of carbonyl (C=O) groups excluding carboxylic acids is 1. The van der Waals surface area contributed by atoms with Gasteiger partial charge in [-0.1, -0.05) is 36.7 Å². The minimum atomic E-state index is -0.203. The molecule has 3 rings (SSSR count). The predicted molar refractivity (Wildman–Crippen MR) is 110 cm³/mol. The summed E-state index contributed by atoms with van der Waals surface area (Å²) < 4.78 is 2.99. The van der Waals surface area contributed by atoms with Gasteiger partial charge >= 0.3 is 0 Å². The third-order valence-corrected chi connectivity index (χ3v) is 7.27. The number of nitrogens with zero attached hydrogens (tertiary/aromatic N) is 3. The average Bonchev–Trinajstić information content (AvgIpc) is 3.25. The average molecular weight is 418 g/mol. The van der Waals surface area contributed by atoms with Gasteiger partial charge in [-0.25, -0.2) is 0 Å². The van der Waals surface area contributed by atoms with E-state index in [1.165, 1.54) is 0 Å². The van der Waals surface area contributed by atoms with E-state index in [2.05, 4.69) is 68.7 Å². The molecule has 1 fully saturated rings. The molecule has 5 heteroatoms. The van der Waals surface area contributed by atoms with Crippen molar-refractivity contribution in [1.29, 1.82) is 0 Å². The fourth-order valence-corrected chi connectivity index (χ4v) is 3.92. The summed E-state index contributed by atoms with van der Waals surface area (Å²) in [4.78, 5) is 15.0. The molecule has 140 valence electrons. The molecule has 4 nitrogen and oxygen atoms in total. The van der Waals surface area contributed by atoms with E-state index in [0.29, 0.717) is 0 Å². The Hall–Kier alpha value is -1.62. The van der Waals surface area contributed by atoms with Gasteiger partial charge in [-0.3, -0.25) is 9.48 Å². The topological polar surface area (TPSA) is 38.1 Å². The van der Waals surface area contributed by atoms with Crippen molar-refractivity contribution in [2.24, 2.45) is 0 Å². The molecule has 1 saturated heterocycles. The van der Waals surface area contributed by atoms with Crippen molar-refractivity contribution in [1.82, 2.24) is 9.78 Å². The predicted octanol–water partition coefficient (Wildman–Crippen LogP) is 5.32. The van der Waals surface area contributed by atoms with Crippen LogP contribution in [0.3, 0.4) is 0 Å². The summed E-state index contributed by atoms with van der Waals surface area (Å²) in [6.45, 7) is 11.5. The molecule has 0 N–H and O–H groups in total. The highest BCUT2D eigenvalue weighted by Gasteiger charge is 2.35. The van der Waals surface area contributed by atoms with Crippen LogP contribution in [0.15, 0.2) is 28.9 Å². The van der Waals surface area contributed by atoms with Crippen LogP contribution >= 0.6 is 15.9 Å². The van der Waals surface area contributed by atoms with E-state index in [4.69, 9.17) is 5.10 Å². The molecule has 0 saturated carbocycles. The number of rotatable bonds is 5. The lowest BCUT2D eigenvalue weighted by Crippen LogP contribution is -2.29. The molecule has 1 aliphatic rings. The molecular formula is C21H28BrN3O. The second-order valence-corrected chi connectivity index (χ2v) is 8.43. The molecule has 0 bridgehead atoms. The van der Waals surface area contributed by atoms with Gasteiger partial charge in [-0.05, 0) is 62.4 Å². The van der Waals surface area contributed by atoms with E-state index in [9.17, 15) is 4.79 Å². The summed E-state index contributed by atoms with van der Waals surface area (Å²) in [5.41, 5.74) is 4.45. The van der Waals surface area contributed by atoms with Gasteiger partial charge in [0.2, 0.25) is 0 Å². The maximum Gasteiger partial charge on any atom is 0.251 e. The second-order valence-electron chi connectivity index (χ2n) is 7.64. The van der Waals surface area contributed by atoms with E-state index >= 15 is 0 Å². The quantitative estimate of drug-likeness (QED) is 0.659. The first kappa shape index (κ1) is 19.2. The van der Waals surface area contributed by atoms with E-state index in [0.717, 1.165) is 52.8 Å². The Bertz CT molecular complexity index is 799. The standard InChI is InChI=1S/C21H28BrN3O/c1-6-21(5,7-2)18-9-11-25(23-18)17-8-10-24(20(17)26)16-12-14(3)19(22)15(4)13-16/h9,11-13,17H,6-8,10H2,1-5H3. The van der Waals surface area contributed by atoms with Crippen molar-refractivity contribution in [2.45, 2.75) is 65.3 Å². The van der Waals surface area contributed by atoms with Crippen LogP contribution in [0.2, 0.25) is 0 Å². The van der Waals surface area contributed by atoms with Crippen LogP contribution in [0.25, 0.3) is 0 Å². The van der Waals surface area contributed by atoms with Gasteiger partial charge in [0.1, 0.15) is 6.04 Å². The van der Waals surface area contributed by atoms with E-state index in [-0.39, 0.29) is 17.4 Å². The number of aryl methyl sites for hydroxylation is 2. The molecule has 2 heterocycles. The van der Waals surface area contributed by atoms with Crippen molar-refractivity contribution >= 4 is 27.5 Å². The molecule has 2 aromatic rings. The van der Waals surface area contributed by atoms with Crippen LogP contribution in [0.5, 0.6) is 0 Å². The second kappa shape index (κ2) is 7.18. The van der Waals surface area contributed by atoms with Crippen LogP contribution in [-0.4, -0.2) is 22.2 Å². The lowest BCUT2D eigenvalue weighted by atomic mass is 9.82. The Labute approximate surface area is 164 Å². The van der Waals surface area contributed by atoms with Crippen molar-refractivity contribution in [2.75, 3.05) is 11.4 Å². The molecule has 0 aliphatic carbocycles. The number of amides is 1. The first-order valence-electron chi connectivity index (χ1n) is 9.44. The normalized spacial score (nSPS) is 18.0. The Kier molecular flexibility index (Phi) is 5.29. The number of anilines is 1. The Morgan fingerprint density at radius 2 is 1.85 bits per heavy atom. The summed E-state index contributed by atoms with van der Waals surface area (Å²) in [7, 11) is 0. The minimum Gasteiger partial charge on any atom is -0.310 e. The third kappa shape index (κ3) is 3.22. The maximum atomic E-state index is 13.1. The third-order valence-electron chi connectivity index (χ3n) is 6.02. The molecular weight excluding hydrogens is 390 g/mol. The number of halogens is 1. The van der Waals surface area contributed by atoms with Gasteiger partial charge in [0.25, 0.3) is 5.91 Å². The fourth-order valence-electron chi connectivity index (χ4n) is 3.69. The molecule has 26 heavy (non-hydrogen) atoms. The number of benzene rings is 1. The zero-order valence-electron chi connectivity index (χ0n) is 16.3. The Balaban J connectivity index is 1.85. The first-order valence-corrected chi connectivity index (χ1v) is 10.2. The summed E-state index contributed by atoms with van der Waals surface area (Å²) in [6, 6.07) is 6.04. The SMILES string of the molecule is CCC(C)(CC)c1ccn(C2CCN(c3cc(C)c(Br)c(C)c3)C2=O)n1. The van der Waals surface area contributed by atoms with Crippen LogP contribution < -0.4 is 4.90 Å². The van der Waals surface area contributed by atoms with E-state index < -0.39 is 0 Å². The van der Waals surface area contributed by atoms with Gasteiger partial charge < -0.3 is 4.90 Å². The van der Waals surface area contributed by atoms with Crippen LogP contribution in [-0.2, 0) is 10.2 Å². The van der Waals surface area contributed by atoms with Gasteiger partial charge in [-0.15, -0.1) is 0 Å². The molecule has 1 aliphatic heterocycles. The summed E-state index contributed by atoms with van der Waals surface area (Å²) >= 11 is 3.60. The highest BCUT2D eigenvalue weighted by molar-refractivity contribution is 9.10. The van der Waals surface area contributed by atoms with Crippen molar-refractivity contribution in [3.8, 4) is 0 Å². The van der Waals surface area contributed by atoms with Crippen molar-refractivity contribution < 1.29 is 4.79 Å². The molecule has 0 radical (unpaired) electrons. The molecule has 1 aromatic carbocycles. The summed E-state index contributed by atoms with van der Waals surface area (Å²) in [5, 5.41) is 4.80. The Morgan fingerprint density at radius 1 is 1.23 bits per heavy atom. The monoisotopic (exact) mass is 417 g/mol. The Morgan fingerprint density at radius 3 is 2.42 bits per heavy atom. The van der Waals surface area contributed by atoms with Gasteiger partial charge in [0.05, 0.1) is 5.69 Å². The van der Waals surface area contributed by atoms with Crippen molar-refractivity contribution in [3.05, 3.63) is 45.7 Å². The molecule has 1 amide bonds. The lowest BCUT2D eigenvalue weighted by Gasteiger charge is -2.24. The molecule has 1 unspecified atom stereocenters. The van der Waals surface area contributed by atoms with Gasteiger partial charge in [-0.2, -0.15) is 5.10 Å². The number of hydrogen-bond donors (Lipinski definition) is 0. The van der Waals surface area contributed by atoms with Crippen molar-refractivity contribution in [3.63, 3.8) is 0 Å². The number of hydrogen-bond acceptors (Lipinski definition) is 2. The number of carbonyl (C=O) groups is 1. The highest BCUT2D eigenvalue weighted by Crippen LogP contribution is 2.34. The van der Waals surface area contributed by atoms with Crippen LogP contribution in [0.1, 0.15) is 62.9 Å². The molecule has 1 atom stereocenters. The van der Waals surface area contributed by atoms with Gasteiger partial charge in [0, 0.05) is 28.3 Å². The maximum absolute atomic E-state index is 13.1.